The first-order valence-corrected chi connectivity index (χ1v) is 11.8. The van der Waals surface area contributed by atoms with Crippen LogP contribution in [0.4, 0.5) is 9.52 Å². The molecule has 7 nitrogen and oxygen atoms in total. The fourth-order valence-electron chi connectivity index (χ4n) is 2.82. The lowest BCUT2D eigenvalue weighted by atomic mass is 10.1. The summed E-state index contributed by atoms with van der Waals surface area (Å²) in [6, 6.07) is 10.0. The van der Waals surface area contributed by atoms with Crippen LogP contribution in [0.15, 0.2) is 52.7 Å². The molecular weight excluding hydrogens is 443 g/mol. The average Bonchev–Trinajstić information content (AvgIpc) is 3.21. The third-order valence-corrected chi connectivity index (χ3v) is 6.99. The van der Waals surface area contributed by atoms with Gasteiger partial charge >= 0.3 is 0 Å². The highest BCUT2D eigenvalue weighted by atomic mass is 32.2. The molecule has 1 heterocycles. The third-order valence-electron chi connectivity index (χ3n) is 4.42. The minimum absolute atomic E-state index is 0.0195. The topological polar surface area (TPSA) is 94.6 Å². The number of ether oxygens (including phenoxy) is 2. The fraction of sp³-hybridized carbons (Fsp3) is 0.238. The number of hydrogen-bond donors (Lipinski definition) is 1. The quantitative estimate of drug-likeness (QED) is 0.478. The summed E-state index contributed by atoms with van der Waals surface area (Å²) in [6.07, 6.45) is 0.158. The molecular formula is C21H21FN2O5S2. The lowest BCUT2D eigenvalue weighted by molar-refractivity contribution is -0.116. The van der Waals surface area contributed by atoms with Crippen molar-refractivity contribution in [3.05, 3.63) is 53.7 Å². The molecule has 2 aromatic carbocycles. The number of nitrogens with zero attached hydrogens (tertiary/aromatic N) is 1. The van der Waals surface area contributed by atoms with Crippen molar-refractivity contribution in [2.75, 3.05) is 25.3 Å². The zero-order valence-electron chi connectivity index (χ0n) is 16.9. The van der Waals surface area contributed by atoms with E-state index in [-0.39, 0.29) is 29.4 Å². The van der Waals surface area contributed by atoms with Crippen molar-refractivity contribution >= 4 is 32.2 Å². The van der Waals surface area contributed by atoms with E-state index in [1.807, 2.05) is 6.07 Å². The summed E-state index contributed by atoms with van der Waals surface area (Å²) in [6.45, 7) is 0. The Morgan fingerprint density at radius 2 is 1.81 bits per heavy atom. The van der Waals surface area contributed by atoms with E-state index < -0.39 is 15.7 Å². The average molecular weight is 465 g/mol. The molecule has 0 aliphatic heterocycles. The molecule has 0 fully saturated rings. The first-order valence-electron chi connectivity index (χ1n) is 9.28. The predicted octanol–water partition coefficient (Wildman–Crippen LogP) is 4.16. The number of hydrogen-bond acceptors (Lipinski definition) is 7. The molecule has 3 rings (SSSR count). The van der Waals surface area contributed by atoms with E-state index in [0.29, 0.717) is 22.3 Å². The summed E-state index contributed by atoms with van der Waals surface area (Å²) in [7, 11) is -0.471. The molecule has 1 N–H and O–H groups in total. The SMILES string of the molecule is COc1ccc(-c2csc(NC(=O)CCCS(=O)(=O)c3ccc(F)cc3)n2)cc1OC. The van der Waals surface area contributed by atoms with Gasteiger partial charge in [0.2, 0.25) is 5.91 Å². The summed E-state index contributed by atoms with van der Waals surface area (Å²) < 4.78 is 48.0. The minimum atomic E-state index is -3.57. The molecule has 0 radical (unpaired) electrons. The van der Waals surface area contributed by atoms with Crippen molar-refractivity contribution in [1.29, 1.82) is 0 Å². The van der Waals surface area contributed by atoms with Gasteiger partial charge in [0.1, 0.15) is 5.82 Å². The van der Waals surface area contributed by atoms with Crippen LogP contribution in [0.25, 0.3) is 11.3 Å². The predicted molar refractivity (Wildman–Crippen MR) is 117 cm³/mol. The molecule has 0 saturated heterocycles. The normalized spacial score (nSPS) is 11.2. The lowest BCUT2D eigenvalue weighted by Crippen LogP contribution is -2.14. The number of carbonyl (C=O) groups excluding carboxylic acids is 1. The lowest BCUT2D eigenvalue weighted by Gasteiger charge is -2.08. The number of sulfone groups is 1. The second kappa shape index (κ2) is 9.88. The van der Waals surface area contributed by atoms with Crippen LogP contribution < -0.4 is 14.8 Å². The van der Waals surface area contributed by atoms with E-state index in [1.165, 1.54) is 23.5 Å². The number of halogens is 1. The van der Waals surface area contributed by atoms with Gasteiger partial charge in [0.05, 0.1) is 30.6 Å². The van der Waals surface area contributed by atoms with Crippen LogP contribution in [0.5, 0.6) is 11.5 Å². The number of rotatable bonds is 9. The number of nitrogens with one attached hydrogen (secondary N) is 1. The van der Waals surface area contributed by atoms with Gasteiger partial charge in [-0.15, -0.1) is 11.3 Å². The molecule has 1 aromatic heterocycles. The van der Waals surface area contributed by atoms with Crippen LogP contribution >= 0.6 is 11.3 Å². The summed E-state index contributed by atoms with van der Waals surface area (Å²) in [5.41, 5.74) is 1.47. The summed E-state index contributed by atoms with van der Waals surface area (Å²) >= 11 is 1.26. The van der Waals surface area contributed by atoms with E-state index in [1.54, 1.807) is 31.7 Å². The maximum atomic E-state index is 13.0. The second-order valence-electron chi connectivity index (χ2n) is 6.53. The van der Waals surface area contributed by atoms with Crippen LogP contribution in [0.3, 0.4) is 0 Å². The molecule has 0 aliphatic rings. The van der Waals surface area contributed by atoms with Crippen LogP contribution in [0, 0.1) is 5.82 Å². The van der Waals surface area contributed by atoms with Gasteiger partial charge in [0.15, 0.2) is 26.5 Å². The molecule has 0 unspecified atom stereocenters. The van der Waals surface area contributed by atoms with Gasteiger partial charge in [-0.3, -0.25) is 4.79 Å². The van der Waals surface area contributed by atoms with Crippen LogP contribution in [-0.2, 0) is 14.6 Å². The number of thiazole rings is 1. The van der Waals surface area contributed by atoms with Crippen molar-refractivity contribution < 1.29 is 27.1 Å². The molecule has 1 amide bonds. The number of aromatic nitrogens is 1. The third kappa shape index (κ3) is 5.80. The molecule has 164 valence electrons. The Hall–Kier alpha value is -2.98. The molecule has 10 heteroatoms. The Bertz CT molecular complexity index is 1160. The van der Waals surface area contributed by atoms with E-state index in [9.17, 15) is 17.6 Å². The number of benzene rings is 2. The highest BCUT2D eigenvalue weighted by molar-refractivity contribution is 7.91. The number of anilines is 1. The van der Waals surface area contributed by atoms with Crippen molar-refractivity contribution in [3.8, 4) is 22.8 Å². The molecule has 3 aromatic rings. The summed E-state index contributed by atoms with van der Waals surface area (Å²) in [4.78, 5) is 16.6. The zero-order chi connectivity index (χ0) is 22.4. The largest absolute Gasteiger partial charge is 0.493 e. The van der Waals surface area contributed by atoms with Gasteiger partial charge in [-0.05, 0) is 48.9 Å². The van der Waals surface area contributed by atoms with Crippen molar-refractivity contribution in [3.63, 3.8) is 0 Å². The van der Waals surface area contributed by atoms with Crippen LogP contribution in [0.2, 0.25) is 0 Å². The summed E-state index contributed by atoms with van der Waals surface area (Å²) in [5, 5.41) is 4.90. The van der Waals surface area contributed by atoms with Crippen molar-refractivity contribution in [2.24, 2.45) is 0 Å². The van der Waals surface area contributed by atoms with Gasteiger partial charge in [0.25, 0.3) is 0 Å². The molecule has 31 heavy (non-hydrogen) atoms. The second-order valence-corrected chi connectivity index (χ2v) is 9.50. The molecule has 0 atom stereocenters. The maximum absolute atomic E-state index is 13.0. The van der Waals surface area contributed by atoms with E-state index in [2.05, 4.69) is 10.3 Å². The Morgan fingerprint density at radius 1 is 1.10 bits per heavy atom. The standard InChI is InChI=1S/C21H21FN2O5S2/c1-28-18-10-5-14(12-19(18)29-2)17-13-30-21(23-17)24-20(25)4-3-11-31(26,27)16-8-6-15(22)7-9-16/h5-10,12-13H,3-4,11H2,1-2H3,(H,23,24,25). The molecule has 0 bridgehead atoms. The van der Waals surface area contributed by atoms with Gasteiger partial charge in [-0.2, -0.15) is 0 Å². The Balaban J connectivity index is 1.56. The maximum Gasteiger partial charge on any atom is 0.226 e. The molecule has 0 spiro atoms. The number of methoxy groups -OCH3 is 2. The highest BCUT2D eigenvalue weighted by Gasteiger charge is 2.16. The highest BCUT2D eigenvalue weighted by Crippen LogP contribution is 2.33. The smallest absolute Gasteiger partial charge is 0.226 e. The first-order chi connectivity index (χ1) is 14.8. The number of carbonyl (C=O) groups is 1. The molecule has 0 saturated carbocycles. The van der Waals surface area contributed by atoms with Gasteiger partial charge < -0.3 is 14.8 Å². The number of amides is 1. The first kappa shape index (κ1) is 22.7. The van der Waals surface area contributed by atoms with Crippen LogP contribution in [0.1, 0.15) is 12.8 Å². The van der Waals surface area contributed by atoms with E-state index in [0.717, 1.165) is 17.7 Å². The minimum Gasteiger partial charge on any atom is -0.493 e. The summed E-state index contributed by atoms with van der Waals surface area (Å²) in [5.74, 6) is 0.129. The van der Waals surface area contributed by atoms with E-state index >= 15 is 0 Å². The van der Waals surface area contributed by atoms with Gasteiger partial charge in [0, 0.05) is 17.4 Å². The van der Waals surface area contributed by atoms with Crippen LogP contribution in [-0.4, -0.2) is 39.3 Å². The monoisotopic (exact) mass is 464 g/mol. The Kier molecular flexibility index (Phi) is 7.24. The molecule has 0 aliphatic carbocycles. The zero-order valence-corrected chi connectivity index (χ0v) is 18.6. The van der Waals surface area contributed by atoms with Gasteiger partial charge in [-0.25, -0.2) is 17.8 Å². The van der Waals surface area contributed by atoms with Crippen molar-refractivity contribution in [2.45, 2.75) is 17.7 Å². The Morgan fingerprint density at radius 3 is 2.48 bits per heavy atom. The van der Waals surface area contributed by atoms with Gasteiger partial charge in [-0.1, -0.05) is 0 Å². The van der Waals surface area contributed by atoms with Crippen molar-refractivity contribution in [1.82, 2.24) is 4.98 Å². The Labute approximate surface area is 183 Å². The van der Waals surface area contributed by atoms with E-state index in [4.69, 9.17) is 9.47 Å². The fourth-order valence-corrected chi connectivity index (χ4v) is 4.87.